The van der Waals surface area contributed by atoms with Gasteiger partial charge in [-0.25, -0.2) is 9.37 Å². The van der Waals surface area contributed by atoms with Crippen LogP contribution in [0.1, 0.15) is 0 Å². The molecular weight excluding hydrogens is 257 g/mol. The predicted octanol–water partition coefficient (Wildman–Crippen LogP) is 4.76. The van der Waals surface area contributed by atoms with E-state index >= 15 is 0 Å². The van der Waals surface area contributed by atoms with Crippen molar-refractivity contribution in [1.29, 1.82) is 0 Å². The molecule has 1 heterocycles. The summed E-state index contributed by atoms with van der Waals surface area (Å²) in [5, 5.41) is 0.824. The Bertz CT molecular complexity index is 740. The summed E-state index contributed by atoms with van der Waals surface area (Å²) in [5.74, 6) is -0.278. The van der Waals surface area contributed by atoms with Crippen LogP contribution in [-0.2, 0) is 0 Å². The monoisotopic (exact) mass is 269 g/mol. The number of nitrogens with zero attached hydrogens (tertiary/aromatic N) is 1. The molecule has 0 saturated carbocycles. The summed E-state index contributed by atoms with van der Waals surface area (Å²) in [6.45, 7) is 0. The number of pyridine rings is 1. The SMILES string of the molecule is CSc1ccccc1-c1nc2ccccc2cc1F. The Morgan fingerprint density at radius 2 is 1.74 bits per heavy atom. The first-order valence-corrected chi connectivity index (χ1v) is 7.21. The average molecular weight is 269 g/mol. The highest BCUT2D eigenvalue weighted by Gasteiger charge is 2.12. The van der Waals surface area contributed by atoms with Gasteiger partial charge in [0.1, 0.15) is 11.5 Å². The minimum absolute atomic E-state index is 0.278. The van der Waals surface area contributed by atoms with Crippen LogP contribution in [0.25, 0.3) is 22.2 Å². The van der Waals surface area contributed by atoms with Crippen LogP contribution in [0.4, 0.5) is 4.39 Å². The molecule has 19 heavy (non-hydrogen) atoms. The number of rotatable bonds is 2. The number of benzene rings is 2. The molecule has 0 amide bonds. The molecule has 0 aliphatic heterocycles. The van der Waals surface area contributed by atoms with E-state index < -0.39 is 0 Å². The zero-order valence-electron chi connectivity index (χ0n) is 10.4. The van der Waals surface area contributed by atoms with Crippen LogP contribution in [0.5, 0.6) is 0 Å². The Morgan fingerprint density at radius 3 is 2.58 bits per heavy atom. The van der Waals surface area contributed by atoms with Gasteiger partial charge in [-0.15, -0.1) is 11.8 Å². The fourth-order valence-electron chi connectivity index (χ4n) is 2.12. The second-order valence-corrected chi connectivity index (χ2v) is 5.06. The molecule has 3 rings (SSSR count). The maximum Gasteiger partial charge on any atom is 0.150 e. The molecule has 0 bridgehead atoms. The third kappa shape index (κ3) is 2.22. The molecule has 0 aliphatic carbocycles. The van der Waals surface area contributed by atoms with Crippen molar-refractivity contribution < 1.29 is 4.39 Å². The van der Waals surface area contributed by atoms with Crippen LogP contribution in [-0.4, -0.2) is 11.2 Å². The lowest BCUT2D eigenvalue weighted by Crippen LogP contribution is -1.92. The van der Waals surface area contributed by atoms with Crippen molar-refractivity contribution in [2.24, 2.45) is 0 Å². The van der Waals surface area contributed by atoms with E-state index in [1.165, 1.54) is 0 Å². The van der Waals surface area contributed by atoms with Gasteiger partial charge in [0, 0.05) is 15.8 Å². The van der Waals surface area contributed by atoms with E-state index in [1.807, 2.05) is 54.8 Å². The number of hydrogen-bond acceptors (Lipinski definition) is 2. The lowest BCUT2D eigenvalue weighted by molar-refractivity contribution is 0.628. The van der Waals surface area contributed by atoms with Crippen LogP contribution in [0, 0.1) is 5.82 Å². The second kappa shape index (κ2) is 5.02. The van der Waals surface area contributed by atoms with E-state index in [-0.39, 0.29) is 5.82 Å². The summed E-state index contributed by atoms with van der Waals surface area (Å²) in [5.41, 5.74) is 2.08. The van der Waals surface area contributed by atoms with Crippen molar-refractivity contribution in [3.8, 4) is 11.3 Å². The zero-order chi connectivity index (χ0) is 13.2. The Morgan fingerprint density at radius 1 is 1.00 bits per heavy atom. The van der Waals surface area contributed by atoms with Gasteiger partial charge in [-0.05, 0) is 24.5 Å². The van der Waals surface area contributed by atoms with Gasteiger partial charge in [-0.3, -0.25) is 0 Å². The molecule has 0 saturated heterocycles. The van der Waals surface area contributed by atoms with Gasteiger partial charge in [0.15, 0.2) is 0 Å². The number of fused-ring (bicyclic) bond motifs is 1. The van der Waals surface area contributed by atoms with Gasteiger partial charge in [0.25, 0.3) is 0 Å². The van der Waals surface area contributed by atoms with Crippen molar-refractivity contribution in [1.82, 2.24) is 4.98 Å². The number of aromatic nitrogens is 1. The molecule has 0 aliphatic rings. The summed E-state index contributed by atoms with van der Waals surface area (Å²) in [7, 11) is 0. The largest absolute Gasteiger partial charge is 0.245 e. The van der Waals surface area contributed by atoms with Gasteiger partial charge in [0.05, 0.1) is 5.52 Å². The first-order chi connectivity index (χ1) is 9.29. The van der Waals surface area contributed by atoms with Gasteiger partial charge < -0.3 is 0 Å². The maximum atomic E-state index is 14.2. The Balaban J connectivity index is 2.27. The lowest BCUT2D eigenvalue weighted by atomic mass is 10.1. The number of thioether (sulfide) groups is 1. The molecule has 1 aromatic heterocycles. The minimum Gasteiger partial charge on any atom is -0.245 e. The highest BCUT2D eigenvalue weighted by molar-refractivity contribution is 7.98. The van der Waals surface area contributed by atoms with E-state index in [9.17, 15) is 4.39 Å². The summed E-state index contributed by atoms with van der Waals surface area (Å²) < 4.78 is 14.2. The molecule has 0 atom stereocenters. The van der Waals surface area contributed by atoms with Gasteiger partial charge in [0.2, 0.25) is 0 Å². The summed E-state index contributed by atoms with van der Waals surface area (Å²) in [4.78, 5) is 5.50. The second-order valence-electron chi connectivity index (χ2n) is 4.21. The molecule has 3 heteroatoms. The average Bonchev–Trinajstić information content (AvgIpc) is 2.46. The fourth-order valence-corrected chi connectivity index (χ4v) is 2.72. The van der Waals surface area contributed by atoms with E-state index in [0.29, 0.717) is 5.69 Å². The normalized spacial score (nSPS) is 10.8. The van der Waals surface area contributed by atoms with Crippen LogP contribution < -0.4 is 0 Å². The van der Waals surface area contributed by atoms with Crippen LogP contribution in [0.2, 0.25) is 0 Å². The van der Waals surface area contributed by atoms with Crippen molar-refractivity contribution in [3.63, 3.8) is 0 Å². The van der Waals surface area contributed by atoms with Crippen LogP contribution in [0.15, 0.2) is 59.5 Å². The smallest absolute Gasteiger partial charge is 0.150 e. The summed E-state index contributed by atoms with van der Waals surface area (Å²) in [6, 6.07) is 16.9. The first kappa shape index (κ1) is 12.2. The van der Waals surface area contributed by atoms with Crippen LogP contribution >= 0.6 is 11.8 Å². The Kier molecular flexibility index (Phi) is 3.22. The quantitative estimate of drug-likeness (QED) is 0.622. The topological polar surface area (TPSA) is 12.9 Å². The zero-order valence-corrected chi connectivity index (χ0v) is 11.2. The van der Waals surface area contributed by atoms with Crippen molar-refractivity contribution in [2.45, 2.75) is 4.90 Å². The molecule has 1 nitrogen and oxygen atoms in total. The van der Waals surface area contributed by atoms with Crippen molar-refractivity contribution >= 4 is 22.7 Å². The van der Waals surface area contributed by atoms with Gasteiger partial charge in [-0.1, -0.05) is 36.4 Å². The van der Waals surface area contributed by atoms with E-state index in [1.54, 1.807) is 17.8 Å². The fraction of sp³-hybridized carbons (Fsp3) is 0.0625. The van der Waals surface area contributed by atoms with E-state index in [0.717, 1.165) is 21.4 Å². The minimum atomic E-state index is -0.278. The summed E-state index contributed by atoms with van der Waals surface area (Å²) in [6.07, 6.45) is 1.98. The van der Waals surface area contributed by atoms with Crippen LogP contribution in [0.3, 0.4) is 0 Å². The Hall–Kier alpha value is -1.87. The predicted molar refractivity (Wildman–Crippen MR) is 78.9 cm³/mol. The number of hydrogen-bond donors (Lipinski definition) is 0. The molecule has 2 aromatic carbocycles. The molecule has 0 spiro atoms. The third-order valence-corrected chi connectivity index (χ3v) is 3.84. The molecule has 0 unspecified atom stereocenters. The maximum absolute atomic E-state index is 14.2. The molecule has 94 valence electrons. The highest BCUT2D eigenvalue weighted by Crippen LogP contribution is 2.31. The molecule has 0 N–H and O–H groups in total. The number of para-hydroxylation sites is 1. The Labute approximate surface area is 115 Å². The van der Waals surface area contributed by atoms with E-state index in [4.69, 9.17) is 0 Å². The molecule has 0 fully saturated rings. The lowest BCUT2D eigenvalue weighted by Gasteiger charge is -2.08. The third-order valence-electron chi connectivity index (χ3n) is 3.04. The molecule has 3 aromatic rings. The van der Waals surface area contributed by atoms with Crippen molar-refractivity contribution in [3.05, 3.63) is 60.4 Å². The number of halogens is 1. The van der Waals surface area contributed by atoms with Gasteiger partial charge in [-0.2, -0.15) is 0 Å². The standard InChI is InChI=1S/C16H12FNS/c1-19-15-9-5-3-7-12(15)16-13(17)10-11-6-2-4-8-14(11)18-16/h2-10H,1H3. The van der Waals surface area contributed by atoms with Crippen molar-refractivity contribution in [2.75, 3.05) is 6.26 Å². The van der Waals surface area contributed by atoms with E-state index in [2.05, 4.69) is 4.98 Å². The first-order valence-electron chi connectivity index (χ1n) is 5.98. The molecule has 0 radical (unpaired) electrons. The van der Waals surface area contributed by atoms with Gasteiger partial charge >= 0.3 is 0 Å². The molecular formula is C16H12FNS. The highest BCUT2D eigenvalue weighted by atomic mass is 32.2. The summed E-state index contributed by atoms with van der Waals surface area (Å²) >= 11 is 1.60.